The van der Waals surface area contributed by atoms with Crippen LogP contribution in [0.2, 0.25) is 0 Å². The van der Waals surface area contributed by atoms with Crippen LogP contribution in [0, 0.1) is 11.8 Å². The van der Waals surface area contributed by atoms with Gasteiger partial charge in [0.15, 0.2) is 11.5 Å². The number of methoxy groups -OCH3 is 2. The summed E-state index contributed by atoms with van der Waals surface area (Å²) in [6, 6.07) is 4.43. The molecule has 1 fully saturated rings. The number of amides is 1. The molecule has 0 bridgehead atoms. The van der Waals surface area contributed by atoms with Gasteiger partial charge in [0.2, 0.25) is 0 Å². The SMILES string of the molecule is COc1cccc(C(=O)N2C[C@@H](C(F)(F)F)[C@H](C(=O)O)C2)c1OC. The fourth-order valence-corrected chi connectivity index (χ4v) is 2.78. The summed E-state index contributed by atoms with van der Waals surface area (Å²) in [5.74, 6) is -5.76. The van der Waals surface area contributed by atoms with Crippen molar-refractivity contribution in [1.82, 2.24) is 4.90 Å². The van der Waals surface area contributed by atoms with Crippen LogP contribution in [0.3, 0.4) is 0 Å². The Morgan fingerprint density at radius 2 is 1.88 bits per heavy atom. The lowest BCUT2D eigenvalue weighted by Crippen LogP contribution is -2.34. The first-order valence-corrected chi connectivity index (χ1v) is 7.00. The van der Waals surface area contributed by atoms with E-state index in [-0.39, 0.29) is 17.1 Å². The topological polar surface area (TPSA) is 76.1 Å². The highest BCUT2D eigenvalue weighted by Gasteiger charge is 2.53. The van der Waals surface area contributed by atoms with Crippen LogP contribution in [-0.4, -0.2) is 55.4 Å². The second-order valence-corrected chi connectivity index (χ2v) is 5.34. The van der Waals surface area contributed by atoms with Crippen molar-refractivity contribution in [1.29, 1.82) is 0 Å². The molecule has 1 aromatic rings. The molecule has 1 heterocycles. The molecule has 132 valence electrons. The highest BCUT2D eigenvalue weighted by molar-refractivity contribution is 5.98. The van der Waals surface area contributed by atoms with Crippen molar-refractivity contribution < 1.29 is 37.3 Å². The molecule has 1 aromatic carbocycles. The summed E-state index contributed by atoms with van der Waals surface area (Å²) in [5.41, 5.74) is 0.0174. The number of nitrogens with zero attached hydrogens (tertiary/aromatic N) is 1. The van der Waals surface area contributed by atoms with Crippen molar-refractivity contribution in [3.8, 4) is 11.5 Å². The number of carboxylic acid groups (broad SMARTS) is 1. The van der Waals surface area contributed by atoms with Crippen LogP contribution in [0.5, 0.6) is 11.5 Å². The molecular weight excluding hydrogens is 331 g/mol. The Hall–Kier alpha value is -2.45. The summed E-state index contributed by atoms with van der Waals surface area (Å²) in [7, 11) is 2.67. The number of carbonyl (C=O) groups is 2. The highest BCUT2D eigenvalue weighted by Crippen LogP contribution is 2.39. The summed E-state index contributed by atoms with van der Waals surface area (Å²) < 4.78 is 49.2. The molecule has 0 aromatic heterocycles. The van der Waals surface area contributed by atoms with E-state index in [0.29, 0.717) is 0 Å². The van der Waals surface area contributed by atoms with Crippen LogP contribution in [0.4, 0.5) is 13.2 Å². The lowest BCUT2D eigenvalue weighted by atomic mass is 9.96. The van der Waals surface area contributed by atoms with Crippen molar-refractivity contribution >= 4 is 11.9 Å². The largest absolute Gasteiger partial charge is 0.493 e. The van der Waals surface area contributed by atoms with Gasteiger partial charge in [-0.3, -0.25) is 9.59 Å². The van der Waals surface area contributed by atoms with Gasteiger partial charge >= 0.3 is 12.1 Å². The Bertz CT molecular complexity index is 646. The predicted molar refractivity (Wildman–Crippen MR) is 76.1 cm³/mol. The maximum Gasteiger partial charge on any atom is 0.394 e. The molecule has 6 nitrogen and oxygen atoms in total. The quantitative estimate of drug-likeness (QED) is 0.902. The minimum Gasteiger partial charge on any atom is -0.493 e. The third-order valence-electron chi connectivity index (χ3n) is 3.98. The standard InChI is InChI=1S/C15H16F3NO5/c1-23-11-5-3-4-8(12(11)24-2)13(20)19-6-9(14(21)22)10(7-19)15(16,17)18/h3-5,9-10H,6-7H2,1-2H3,(H,21,22)/t9-,10-/m1/s1. The molecule has 9 heteroatoms. The fourth-order valence-electron chi connectivity index (χ4n) is 2.78. The number of carbonyl (C=O) groups excluding carboxylic acids is 1. The Balaban J connectivity index is 2.33. The molecule has 0 unspecified atom stereocenters. The van der Waals surface area contributed by atoms with Gasteiger partial charge in [0.05, 0.1) is 31.6 Å². The molecule has 0 aliphatic carbocycles. The van der Waals surface area contributed by atoms with Crippen LogP contribution in [0.25, 0.3) is 0 Å². The molecule has 2 atom stereocenters. The fraction of sp³-hybridized carbons (Fsp3) is 0.467. The third kappa shape index (κ3) is 3.24. The number of para-hydroxylation sites is 1. The van der Waals surface area contributed by atoms with E-state index in [1.807, 2.05) is 0 Å². The Kier molecular flexibility index (Phi) is 4.91. The van der Waals surface area contributed by atoms with Gasteiger partial charge in [0.25, 0.3) is 5.91 Å². The molecular formula is C15H16F3NO5. The van der Waals surface area contributed by atoms with Crippen molar-refractivity contribution in [2.45, 2.75) is 6.18 Å². The van der Waals surface area contributed by atoms with Gasteiger partial charge in [0.1, 0.15) is 0 Å². The Labute approximate surface area is 135 Å². The summed E-state index contributed by atoms with van der Waals surface area (Å²) in [4.78, 5) is 24.6. The van der Waals surface area contributed by atoms with Gasteiger partial charge in [-0.15, -0.1) is 0 Å². The van der Waals surface area contributed by atoms with Crippen LogP contribution >= 0.6 is 0 Å². The van der Waals surface area contributed by atoms with Gasteiger partial charge in [-0.1, -0.05) is 6.07 Å². The lowest BCUT2D eigenvalue weighted by molar-refractivity contribution is -0.187. The number of hydrogen-bond donors (Lipinski definition) is 1. The molecule has 0 radical (unpaired) electrons. The van der Waals surface area contributed by atoms with Gasteiger partial charge < -0.3 is 19.5 Å². The van der Waals surface area contributed by atoms with Crippen LogP contribution in [0.1, 0.15) is 10.4 Å². The summed E-state index contributed by atoms with van der Waals surface area (Å²) in [5, 5.41) is 9.02. The Morgan fingerprint density at radius 3 is 2.33 bits per heavy atom. The highest BCUT2D eigenvalue weighted by atomic mass is 19.4. The van der Waals surface area contributed by atoms with Crippen molar-refractivity contribution in [3.05, 3.63) is 23.8 Å². The monoisotopic (exact) mass is 347 g/mol. The zero-order valence-electron chi connectivity index (χ0n) is 13.0. The van der Waals surface area contributed by atoms with Crippen molar-refractivity contribution in [2.75, 3.05) is 27.3 Å². The smallest absolute Gasteiger partial charge is 0.394 e. The number of rotatable bonds is 4. The number of likely N-dealkylation sites (tertiary alicyclic amines) is 1. The average molecular weight is 347 g/mol. The van der Waals surface area contributed by atoms with Gasteiger partial charge in [-0.25, -0.2) is 0 Å². The molecule has 1 amide bonds. The maximum atomic E-state index is 13.0. The Morgan fingerprint density at radius 1 is 1.21 bits per heavy atom. The van der Waals surface area contributed by atoms with E-state index in [9.17, 15) is 22.8 Å². The van der Waals surface area contributed by atoms with E-state index in [4.69, 9.17) is 14.6 Å². The van der Waals surface area contributed by atoms with Crippen LogP contribution < -0.4 is 9.47 Å². The average Bonchev–Trinajstić information content (AvgIpc) is 2.99. The number of hydrogen-bond acceptors (Lipinski definition) is 4. The zero-order valence-corrected chi connectivity index (χ0v) is 13.0. The summed E-state index contributed by atoms with van der Waals surface area (Å²) in [6.07, 6.45) is -4.70. The van der Waals surface area contributed by atoms with Crippen LogP contribution in [-0.2, 0) is 4.79 Å². The molecule has 24 heavy (non-hydrogen) atoms. The minimum atomic E-state index is -4.70. The molecule has 1 aliphatic rings. The predicted octanol–water partition coefficient (Wildman–Crippen LogP) is 2.04. The molecule has 0 spiro atoms. The normalized spacial score (nSPS) is 20.8. The van der Waals surface area contributed by atoms with E-state index in [2.05, 4.69) is 0 Å². The molecule has 1 saturated heterocycles. The number of halogens is 3. The second-order valence-electron chi connectivity index (χ2n) is 5.34. The van der Waals surface area contributed by atoms with E-state index >= 15 is 0 Å². The number of benzene rings is 1. The van der Waals surface area contributed by atoms with Crippen LogP contribution in [0.15, 0.2) is 18.2 Å². The molecule has 2 rings (SSSR count). The molecule has 1 N–H and O–H groups in total. The molecule has 0 saturated carbocycles. The van der Waals surface area contributed by atoms with Gasteiger partial charge in [-0.05, 0) is 12.1 Å². The second kappa shape index (κ2) is 6.58. The number of ether oxygens (including phenoxy) is 2. The minimum absolute atomic E-state index is 0.0174. The van der Waals surface area contributed by atoms with Crippen molar-refractivity contribution in [3.63, 3.8) is 0 Å². The lowest BCUT2D eigenvalue weighted by Gasteiger charge is -2.20. The molecule has 1 aliphatic heterocycles. The van der Waals surface area contributed by atoms with Crippen molar-refractivity contribution in [2.24, 2.45) is 11.8 Å². The van der Waals surface area contributed by atoms with E-state index in [1.165, 1.54) is 32.4 Å². The summed E-state index contributed by atoms with van der Waals surface area (Å²) >= 11 is 0. The zero-order chi connectivity index (χ0) is 18.1. The summed E-state index contributed by atoms with van der Waals surface area (Å²) in [6.45, 7) is -1.22. The van der Waals surface area contributed by atoms with Gasteiger partial charge in [-0.2, -0.15) is 13.2 Å². The third-order valence-corrected chi connectivity index (χ3v) is 3.98. The maximum absolute atomic E-state index is 13.0. The van der Waals surface area contributed by atoms with Gasteiger partial charge in [0, 0.05) is 13.1 Å². The first-order valence-electron chi connectivity index (χ1n) is 7.00. The number of carboxylic acids is 1. The van der Waals surface area contributed by atoms with E-state index in [0.717, 1.165) is 4.90 Å². The van der Waals surface area contributed by atoms with E-state index in [1.54, 1.807) is 0 Å². The number of alkyl halides is 3. The first kappa shape index (κ1) is 17.9. The first-order chi connectivity index (χ1) is 11.2. The number of aliphatic carboxylic acids is 1. The van der Waals surface area contributed by atoms with E-state index < -0.39 is 43.0 Å².